The third kappa shape index (κ3) is 17.4. The van der Waals surface area contributed by atoms with Crippen LogP contribution in [0.2, 0.25) is 0 Å². The van der Waals surface area contributed by atoms with Gasteiger partial charge in [0.1, 0.15) is 6.04 Å². The van der Waals surface area contributed by atoms with Crippen LogP contribution in [0.5, 0.6) is 0 Å². The van der Waals surface area contributed by atoms with E-state index in [0.29, 0.717) is 6.41 Å². The summed E-state index contributed by atoms with van der Waals surface area (Å²) in [5.74, 6) is -0.384. The number of piperidine rings is 1. The van der Waals surface area contributed by atoms with Gasteiger partial charge in [0, 0.05) is 32.6 Å². The Hall–Kier alpha value is -3.09. The van der Waals surface area contributed by atoms with Gasteiger partial charge in [0.2, 0.25) is 18.7 Å². The van der Waals surface area contributed by atoms with Crippen LogP contribution in [0.1, 0.15) is 45.4 Å². The van der Waals surface area contributed by atoms with E-state index in [0.717, 1.165) is 57.1 Å². The summed E-state index contributed by atoms with van der Waals surface area (Å²) >= 11 is 0. The molecule has 38 heavy (non-hydrogen) atoms. The van der Waals surface area contributed by atoms with E-state index in [9.17, 15) is 45.5 Å². The van der Waals surface area contributed by atoms with Crippen LogP contribution in [-0.4, -0.2) is 80.9 Å². The fraction of sp³-hybridized carbons (Fsp3) is 0.773. The summed E-state index contributed by atoms with van der Waals surface area (Å²) < 4.78 is 71.2. The van der Waals surface area contributed by atoms with Gasteiger partial charge in [-0.2, -0.15) is 18.4 Å². The number of hydrogen-bond donors (Lipinski definition) is 3. The molecule has 2 saturated heterocycles. The summed E-state index contributed by atoms with van der Waals surface area (Å²) in [6.45, 7) is 2.64. The first-order valence-corrected chi connectivity index (χ1v) is 11.8. The second-order valence-electron chi connectivity index (χ2n) is 8.50. The Morgan fingerprint density at radius 2 is 1.76 bits per heavy atom. The van der Waals surface area contributed by atoms with Crippen molar-refractivity contribution in [3.63, 3.8) is 0 Å². The fourth-order valence-electron chi connectivity index (χ4n) is 3.66. The molecule has 0 aromatic heterocycles. The number of amides is 4. The summed E-state index contributed by atoms with van der Waals surface area (Å²) in [5, 5.41) is 14.2. The van der Waals surface area contributed by atoms with Crippen LogP contribution >= 0.6 is 0 Å². The van der Waals surface area contributed by atoms with Crippen LogP contribution in [-0.2, 0) is 23.9 Å². The highest BCUT2D eigenvalue weighted by Gasteiger charge is 2.38. The molecule has 1 aliphatic carbocycles. The quantitative estimate of drug-likeness (QED) is 0.258. The maximum Gasteiger partial charge on any atom is 0.522 e. The van der Waals surface area contributed by atoms with Gasteiger partial charge in [0.05, 0.1) is 12.7 Å². The predicted octanol–water partition coefficient (Wildman–Crippen LogP) is 2.01. The van der Waals surface area contributed by atoms with Crippen molar-refractivity contribution in [3.05, 3.63) is 0 Å². The number of hydrogen-bond acceptors (Lipinski definition) is 6. The van der Waals surface area contributed by atoms with Crippen LogP contribution in [0.3, 0.4) is 0 Å². The molecule has 3 atom stereocenters. The number of likely N-dealkylation sites (tertiary alicyclic amines) is 1. The van der Waals surface area contributed by atoms with Crippen molar-refractivity contribution < 1.29 is 50.3 Å². The van der Waals surface area contributed by atoms with E-state index in [1.807, 2.05) is 11.0 Å². The molecule has 218 valence electrons. The molecular weight excluding hydrogens is 528 g/mol. The zero-order chi connectivity index (χ0) is 29.2. The number of alkyl halides is 6. The molecule has 2 heterocycles. The van der Waals surface area contributed by atoms with Crippen LogP contribution in [0, 0.1) is 23.2 Å². The zero-order valence-electron chi connectivity index (χ0n) is 20.9. The maximum absolute atomic E-state index is 11.4. The second-order valence-corrected chi connectivity index (χ2v) is 8.50. The molecule has 10 nitrogen and oxygen atoms in total. The number of rotatable bonds is 6. The minimum Gasteiger partial charge on any atom is -0.356 e. The molecule has 3 aliphatic rings. The lowest BCUT2D eigenvalue weighted by atomic mass is 10.0. The predicted molar refractivity (Wildman–Crippen MR) is 121 cm³/mol. The number of nitrogens with zero attached hydrogens (tertiary/aromatic N) is 2. The monoisotopic (exact) mass is 561 g/mol. The van der Waals surface area contributed by atoms with E-state index in [1.54, 1.807) is 6.92 Å². The molecule has 4 amide bonds. The van der Waals surface area contributed by atoms with Gasteiger partial charge in [-0.3, -0.25) is 23.9 Å². The van der Waals surface area contributed by atoms with Crippen molar-refractivity contribution in [1.29, 1.82) is 5.26 Å². The lowest BCUT2D eigenvalue weighted by Crippen LogP contribution is -2.39. The van der Waals surface area contributed by atoms with Crippen molar-refractivity contribution in [1.82, 2.24) is 20.9 Å². The average molecular weight is 562 g/mol. The topological polar surface area (TPSA) is 141 Å². The van der Waals surface area contributed by atoms with Crippen LogP contribution < -0.4 is 16.0 Å². The van der Waals surface area contributed by atoms with Crippen molar-refractivity contribution in [2.24, 2.45) is 11.8 Å². The van der Waals surface area contributed by atoms with E-state index < -0.39 is 31.6 Å². The normalized spacial score (nSPS) is 20.8. The average Bonchev–Trinajstić information content (AvgIpc) is 3.44. The number of ether oxygens (including phenoxy) is 1. The number of halogens is 6. The van der Waals surface area contributed by atoms with E-state index in [4.69, 9.17) is 5.26 Å². The Kier molecular flexibility index (Phi) is 16.7. The molecule has 0 bridgehead atoms. The number of nitriles is 1. The molecule has 16 heteroatoms. The molecule has 0 radical (unpaired) electrons. The van der Waals surface area contributed by atoms with E-state index in [1.165, 1.54) is 24.6 Å². The summed E-state index contributed by atoms with van der Waals surface area (Å²) in [6.07, 6.45) is -1.43. The maximum atomic E-state index is 11.4. The minimum absolute atomic E-state index is 0.214. The lowest BCUT2D eigenvalue weighted by molar-refractivity contribution is -0.323. The first-order chi connectivity index (χ1) is 17.7. The summed E-state index contributed by atoms with van der Waals surface area (Å²) in [6, 6.07) is 1.46. The van der Waals surface area contributed by atoms with Gasteiger partial charge in [-0.25, -0.2) is 0 Å². The Balaban J connectivity index is 0.000000501. The molecule has 0 aromatic rings. The van der Waals surface area contributed by atoms with E-state index in [-0.39, 0.29) is 11.9 Å². The van der Waals surface area contributed by atoms with Gasteiger partial charge >= 0.3 is 18.4 Å². The summed E-state index contributed by atoms with van der Waals surface area (Å²) in [5.41, 5.74) is 0. The third-order valence-electron chi connectivity index (χ3n) is 5.48. The standard InChI is InChI=1S/C8H13NO.C5H5F6NO2.C5H9NO.C4H6N2O/c10-6-9-4-7-2-1-3-8(7)5-9;6-4(7,8)3(13)12-1-2-14-5(9,10)11;7-5-3-1-2-4-6-5;1-4(2-5)6-3-7/h6-8H,1-5H2;1-2H2,(H,12,13);1-4H2,(H,6,7);3-4H,1H3,(H,6,7)/t7-,8+;;;. The zero-order valence-corrected chi connectivity index (χ0v) is 20.9. The highest BCUT2D eigenvalue weighted by Crippen LogP contribution is 2.36. The number of nitrogens with one attached hydrogen (secondary N) is 3. The van der Waals surface area contributed by atoms with Crippen LogP contribution in [0.4, 0.5) is 26.3 Å². The molecule has 1 saturated carbocycles. The largest absolute Gasteiger partial charge is 0.522 e. The smallest absolute Gasteiger partial charge is 0.356 e. The highest BCUT2D eigenvalue weighted by atomic mass is 19.4. The highest BCUT2D eigenvalue weighted by molar-refractivity contribution is 5.81. The molecule has 3 rings (SSSR count). The third-order valence-corrected chi connectivity index (χ3v) is 5.48. The summed E-state index contributed by atoms with van der Waals surface area (Å²) in [7, 11) is 0. The van der Waals surface area contributed by atoms with Gasteiger partial charge in [-0.15, -0.1) is 13.2 Å². The molecule has 0 spiro atoms. The fourth-order valence-corrected chi connectivity index (χ4v) is 3.66. The van der Waals surface area contributed by atoms with Crippen molar-refractivity contribution >= 4 is 24.6 Å². The van der Waals surface area contributed by atoms with Crippen molar-refractivity contribution in [2.45, 2.75) is 64.0 Å². The molecular formula is C22H33F6N5O5. The number of carbonyl (C=O) groups excluding carboxylic acids is 4. The Morgan fingerprint density at radius 3 is 2.11 bits per heavy atom. The lowest BCUT2D eigenvalue weighted by Gasteiger charge is -2.09. The molecule has 2 aliphatic heterocycles. The molecule has 3 fully saturated rings. The molecule has 0 aromatic carbocycles. The first-order valence-electron chi connectivity index (χ1n) is 11.8. The van der Waals surface area contributed by atoms with Gasteiger partial charge in [0.15, 0.2) is 0 Å². The Labute approximate surface area is 216 Å². The molecule has 1 unspecified atom stereocenters. The van der Waals surface area contributed by atoms with Crippen LogP contribution in [0.15, 0.2) is 0 Å². The van der Waals surface area contributed by atoms with Crippen molar-refractivity contribution in [3.8, 4) is 6.07 Å². The Morgan fingerprint density at radius 1 is 1.16 bits per heavy atom. The summed E-state index contributed by atoms with van der Waals surface area (Å²) in [4.78, 5) is 42.2. The first kappa shape index (κ1) is 34.9. The van der Waals surface area contributed by atoms with Crippen LogP contribution in [0.25, 0.3) is 0 Å². The van der Waals surface area contributed by atoms with Gasteiger partial charge in [-0.05, 0) is 44.4 Å². The van der Waals surface area contributed by atoms with Gasteiger partial charge < -0.3 is 20.9 Å². The van der Waals surface area contributed by atoms with Crippen molar-refractivity contribution in [2.75, 3.05) is 32.8 Å². The SMILES string of the molecule is CC(C#N)NC=O.O=C(NCCOC(F)(F)F)C(F)(F)F.O=C1CCCCN1.O=CN1C[C@H]2CCC[C@H]2C1. The molecule has 3 N–H and O–H groups in total. The number of carbonyl (C=O) groups is 4. The minimum atomic E-state index is -5.10. The van der Waals surface area contributed by atoms with E-state index >= 15 is 0 Å². The Bertz CT molecular complexity index is 755. The van der Waals surface area contributed by atoms with Gasteiger partial charge in [0.25, 0.3) is 0 Å². The van der Waals surface area contributed by atoms with E-state index in [2.05, 4.69) is 15.4 Å². The number of fused-ring (bicyclic) bond motifs is 1. The van der Waals surface area contributed by atoms with Gasteiger partial charge in [-0.1, -0.05) is 6.42 Å². The second kappa shape index (κ2) is 18.2.